The molecular weight excluding hydrogens is 226 g/mol. The molecule has 0 aliphatic rings. The summed E-state index contributed by atoms with van der Waals surface area (Å²) in [5.74, 6) is 0. The Hall–Kier alpha value is -0.440. The largest absolute Gasteiger partial charge is 0.246 e. The van der Waals surface area contributed by atoms with Gasteiger partial charge in [-0.25, -0.2) is 8.78 Å². The lowest BCUT2D eigenvalue weighted by molar-refractivity contribution is 0.474. The van der Waals surface area contributed by atoms with Gasteiger partial charge in [0.05, 0.1) is 0 Å². The summed E-state index contributed by atoms with van der Waals surface area (Å²) in [6.07, 6.45) is 0. The Kier molecular flexibility index (Phi) is 3.66. The van der Waals surface area contributed by atoms with Crippen molar-refractivity contribution in [1.82, 2.24) is 0 Å². The molecule has 0 aliphatic heterocycles. The van der Waals surface area contributed by atoms with Crippen molar-refractivity contribution in [2.24, 2.45) is 0 Å². The molecule has 1 aromatic carbocycles. The van der Waals surface area contributed by atoms with Crippen LogP contribution in [0.3, 0.4) is 0 Å². The topological polar surface area (TPSA) is 0 Å². The number of hydrogen-bond donors (Lipinski definition) is 0. The van der Waals surface area contributed by atoms with Gasteiger partial charge in [0.25, 0.3) is 0 Å². The zero-order valence-electron chi connectivity index (χ0n) is 6.49. The Bertz CT molecular complexity index is 205. The Morgan fingerprint density at radius 1 is 0.917 bits per heavy atom. The van der Waals surface area contributed by atoms with E-state index in [1.165, 1.54) is 0 Å². The van der Waals surface area contributed by atoms with E-state index in [0.717, 1.165) is 5.56 Å². The van der Waals surface area contributed by atoms with E-state index in [2.05, 4.69) is 15.9 Å². The van der Waals surface area contributed by atoms with Gasteiger partial charge in [0.15, 0.2) is 0 Å². The van der Waals surface area contributed by atoms with Gasteiger partial charge >= 0.3 is 0 Å². The first-order chi connectivity index (χ1) is 5.80. The second-order valence-corrected chi connectivity index (χ2v) is 3.12. The van der Waals surface area contributed by atoms with Gasteiger partial charge in [-0.05, 0) is 16.7 Å². The van der Waals surface area contributed by atoms with E-state index in [0.29, 0.717) is 16.5 Å². The molecule has 0 N–H and O–H groups in total. The van der Waals surface area contributed by atoms with Crippen LogP contribution in [0.2, 0.25) is 0 Å². The molecule has 0 radical (unpaired) electrons. The molecule has 1 aromatic rings. The van der Waals surface area contributed by atoms with Crippen molar-refractivity contribution in [3.05, 3.63) is 34.9 Å². The van der Waals surface area contributed by atoms with Crippen LogP contribution >= 0.6 is 15.9 Å². The van der Waals surface area contributed by atoms with Crippen LogP contribution in [0.1, 0.15) is 16.7 Å². The highest BCUT2D eigenvalue weighted by molar-refractivity contribution is 9.08. The van der Waals surface area contributed by atoms with E-state index in [1.54, 1.807) is 18.2 Å². The summed E-state index contributed by atoms with van der Waals surface area (Å²) in [5, 5.41) is 0.633. The number of hydrogen-bond acceptors (Lipinski definition) is 0. The molecule has 0 spiro atoms. The van der Waals surface area contributed by atoms with Crippen LogP contribution in [-0.4, -0.2) is 0 Å². The molecular formula is C9H9BrF2. The predicted octanol–water partition coefficient (Wildman–Crippen LogP) is 3.52. The number of rotatable bonds is 3. The molecule has 0 bridgehead atoms. The zero-order chi connectivity index (χ0) is 8.97. The van der Waals surface area contributed by atoms with E-state index >= 15 is 0 Å². The molecule has 0 amide bonds. The molecule has 0 unspecified atom stereocenters. The SMILES string of the molecule is FCc1cc(CF)cc(CBr)c1. The van der Waals surface area contributed by atoms with Crippen LogP contribution in [0.4, 0.5) is 8.78 Å². The normalized spacial score (nSPS) is 10.2. The maximum Gasteiger partial charge on any atom is 0.115 e. The van der Waals surface area contributed by atoms with Gasteiger partial charge in [0.2, 0.25) is 0 Å². The van der Waals surface area contributed by atoms with Crippen LogP contribution < -0.4 is 0 Å². The fourth-order valence-corrected chi connectivity index (χ4v) is 1.39. The Morgan fingerprint density at radius 3 is 1.67 bits per heavy atom. The molecule has 0 atom stereocenters. The van der Waals surface area contributed by atoms with Gasteiger partial charge < -0.3 is 0 Å². The third-order valence-corrected chi connectivity index (χ3v) is 2.22. The molecule has 0 nitrogen and oxygen atoms in total. The maximum absolute atomic E-state index is 12.2. The summed E-state index contributed by atoms with van der Waals surface area (Å²) in [5.41, 5.74) is 2.00. The lowest BCUT2D eigenvalue weighted by atomic mass is 10.1. The van der Waals surface area contributed by atoms with E-state index < -0.39 is 13.3 Å². The summed E-state index contributed by atoms with van der Waals surface area (Å²) in [4.78, 5) is 0. The van der Waals surface area contributed by atoms with Gasteiger partial charge in [-0.2, -0.15) is 0 Å². The summed E-state index contributed by atoms with van der Waals surface area (Å²) in [6, 6.07) is 5.01. The van der Waals surface area contributed by atoms with Crippen molar-refractivity contribution in [1.29, 1.82) is 0 Å². The van der Waals surface area contributed by atoms with Crippen LogP contribution in [0.5, 0.6) is 0 Å². The van der Waals surface area contributed by atoms with Crippen LogP contribution in [0.25, 0.3) is 0 Å². The molecule has 0 aliphatic carbocycles. The highest BCUT2D eigenvalue weighted by Crippen LogP contribution is 2.14. The van der Waals surface area contributed by atoms with Crippen molar-refractivity contribution >= 4 is 15.9 Å². The molecule has 0 fully saturated rings. The molecule has 0 saturated carbocycles. The Balaban J connectivity index is 3.01. The van der Waals surface area contributed by atoms with E-state index in [-0.39, 0.29) is 0 Å². The zero-order valence-corrected chi connectivity index (χ0v) is 8.07. The molecule has 0 aromatic heterocycles. The molecule has 12 heavy (non-hydrogen) atoms. The van der Waals surface area contributed by atoms with E-state index in [9.17, 15) is 8.78 Å². The standard InChI is InChI=1S/C9H9BrF2/c10-4-7-1-8(5-11)3-9(2-7)6-12/h1-3H,4-6H2. The highest BCUT2D eigenvalue weighted by atomic mass is 79.9. The van der Waals surface area contributed by atoms with E-state index in [4.69, 9.17) is 0 Å². The van der Waals surface area contributed by atoms with Crippen molar-refractivity contribution in [3.63, 3.8) is 0 Å². The molecule has 0 heterocycles. The second kappa shape index (κ2) is 4.55. The second-order valence-electron chi connectivity index (χ2n) is 2.56. The number of alkyl halides is 3. The summed E-state index contributed by atoms with van der Waals surface area (Å²) < 4.78 is 24.4. The first-order valence-corrected chi connectivity index (χ1v) is 4.72. The van der Waals surface area contributed by atoms with Gasteiger partial charge in [0, 0.05) is 5.33 Å². The quantitative estimate of drug-likeness (QED) is 0.703. The average molecular weight is 235 g/mol. The third kappa shape index (κ3) is 2.27. The van der Waals surface area contributed by atoms with Crippen molar-refractivity contribution in [3.8, 4) is 0 Å². The highest BCUT2D eigenvalue weighted by Gasteiger charge is 1.99. The lowest BCUT2D eigenvalue weighted by Crippen LogP contribution is -1.88. The molecule has 1 rings (SSSR count). The minimum Gasteiger partial charge on any atom is -0.246 e. The fourth-order valence-electron chi connectivity index (χ4n) is 1.07. The smallest absolute Gasteiger partial charge is 0.115 e. The monoisotopic (exact) mass is 234 g/mol. The van der Waals surface area contributed by atoms with Crippen molar-refractivity contribution in [2.45, 2.75) is 18.7 Å². The number of halogens is 3. The first kappa shape index (κ1) is 9.65. The van der Waals surface area contributed by atoms with Crippen molar-refractivity contribution < 1.29 is 8.78 Å². The maximum atomic E-state index is 12.2. The van der Waals surface area contributed by atoms with Gasteiger partial charge in [-0.1, -0.05) is 34.1 Å². The summed E-state index contributed by atoms with van der Waals surface area (Å²) >= 11 is 3.24. The average Bonchev–Trinajstić information content (AvgIpc) is 2.16. The van der Waals surface area contributed by atoms with Crippen LogP contribution in [0, 0.1) is 0 Å². The summed E-state index contributed by atoms with van der Waals surface area (Å²) in [7, 11) is 0. The number of benzene rings is 1. The third-order valence-electron chi connectivity index (χ3n) is 1.58. The van der Waals surface area contributed by atoms with E-state index in [1.807, 2.05) is 0 Å². The van der Waals surface area contributed by atoms with Crippen LogP contribution in [0.15, 0.2) is 18.2 Å². The van der Waals surface area contributed by atoms with Crippen molar-refractivity contribution in [2.75, 3.05) is 0 Å². The minimum atomic E-state index is -0.534. The molecule has 0 saturated heterocycles. The fraction of sp³-hybridized carbons (Fsp3) is 0.333. The predicted molar refractivity (Wildman–Crippen MR) is 48.7 cm³/mol. The lowest BCUT2D eigenvalue weighted by Gasteiger charge is -2.02. The summed E-state index contributed by atoms with van der Waals surface area (Å²) in [6.45, 7) is -1.07. The minimum absolute atomic E-state index is 0.534. The molecule has 66 valence electrons. The Morgan fingerprint density at radius 2 is 1.33 bits per heavy atom. The van der Waals surface area contributed by atoms with Gasteiger partial charge in [0.1, 0.15) is 13.3 Å². The van der Waals surface area contributed by atoms with Gasteiger partial charge in [-0.15, -0.1) is 0 Å². The van der Waals surface area contributed by atoms with Gasteiger partial charge in [-0.3, -0.25) is 0 Å². The molecule has 3 heteroatoms. The van der Waals surface area contributed by atoms with Crippen LogP contribution in [-0.2, 0) is 18.7 Å². The Labute approximate surface area is 78.7 Å². The first-order valence-electron chi connectivity index (χ1n) is 3.59.